The molecule has 0 aliphatic carbocycles. The largest absolute Gasteiger partial charge is 0.506 e. The van der Waals surface area contributed by atoms with Gasteiger partial charge in [0.1, 0.15) is 11.3 Å². The molecule has 1 aliphatic heterocycles. The maximum Gasteiger partial charge on any atom is 0.337 e. The molecule has 2 N–H and O–H groups in total. The molecule has 0 bridgehead atoms. The quantitative estimate of drug-likeness (QED) is 0.238. The number of phenols is 1. The molecular formula is C19H15N3O8. The molecule has 0 saturated carbocycles. The van der Waals surface area contributed by atoms with Crippen LogP contribution in [-0.4, -0.2) is 52.3 Å². The Morgan fingerprint density at radius 2 is 1.93 bits per heavy atom. The van der Waals surface area contributed by atoms with Crippen molar-refractivity contribution in [3.8, 4) is 5.75 Å². The first kappa shape index (κ1) is 20.5. The lowest BCUT2D eigenvalue weighted by Gasteiger charge is -2.14. The van der Waals surface area contributed by atoms with E-state index in [-0.39, 0.29) is 41.1 Å². The number of imide groups is 1. The Labute approximate surface area is 169 Å². The van der Waals surface area contributed by atoms with Gasteiger partial charge in [-0.3, -0.25) is 29.4 Å². The average molecular weight is 413 g/mol. The van der Waals surface area contributed by atoms with Crippen molar-refractivity contribution in [2.45, 2.75) is 6.42 Å². The van der Waals surface area contributed by atoms with Crippen molar-refractivity contribution in [3.05, 3.63) is 63.2 Å². The Morgan fingerprint density at radius 1 is 1.20 bits per heavy atom. The number of nitrogens with zero attached hydrogens (tertiary/aromatic N) is 2. The molecule has 3 rings (SSSR count). The first-order chi connectivity index (χ1) is 14.2. The first-order valence-corrected chi connectivity index (χ1v) is 8.59. The summed E-state index contributed by atoms with van der Waals surface area (Å²) in [5, 5.41) is 23.5. The number of nitro groups is 1. The summed E-state index contributed by atoms with van der Waals surface area (Å²) >= 11 is 0. The number of benzene rings is 2. The van der Waals surface area contributed by atoms with Gasteiger partial charge in [0.05, 0.1) is 28.8 Å². The van der Waals surface area contributed by atoms with Crippen LogP contribution in [0.4, 0.5) is 11.4 Å². The number of aromatic hydroxyl groups is 1. The van der Waals surface area contributed by atoms with E-state index < -0.39 is 34.3 Å². The van der Waals surface area contributed by atoms with Gasteiger partial charge in [0.25, 0.3) is 17.5 Å². The van der Waals surface area contributed by atoms with Gasteiger partial charge < -0.3 is 15.2 Å². The lowest BCUT2D eigenvalue weighted by Crippen LogP contribution is -2.33. The van der Waals surface area contributed by atoms with Gasteiger partial charge >= 0.3 is 5.97 Å². The number of ether oxygens (including phenoxy) is 1. The number of hydrogen-bond donors (Lipinski definition) is 2. The number of hydrogen-bond acceptors (Lipinski definition) is 8. The van der Waals surface area contributed by atoms with Crippen molar-refractivity contribution in [2.75, 3.05) is 19.0 Å². The molecule has 0 radical (unpaired) electrons. The highest BCUT2D eigenvalue weighted by Gasteiger charge is 2.40. The molecule has 1 heterocycles. The molecule has 0 spiro atoms. The first-order valence-electron chi connectivity index (χ1n) is 8.59. The second-order valence-corrected chi connectivity index (χ2v) is 6.24. The molecular weight excluding hydrogens is 398 g/mol. The number of phenolic OH excluding ortho intramolecular Hbond substituents is 1. The Hall–Kier alpha value is -4.28. The van der Waals surface area contributed by atoms with Crippen LogP contribution >= 0.6 is 0 Å². The molecule has 3 amide bonds. The zero-order chi connectivity index (χ0) is 22.0. The Morgan fingerprint density at radius 3 is 2.57 bits per heavy atom. The highest BCUT2D eigenvalue weighted by Crippen LogP contribution is 2.31. The number of anilines is 1. The molecule has 2 aromatic carbocycles. The molecule has 0 unspecified atom stereocenters. The van der Waals surface area contributed by atoms with E-state index in [1.807, 2.05) is 0 Å². The zero-order valence-corrected chi connectivity index (χ0v) is 15.6. The molecule has 0 aromatic heterocycles. The highest BCUT2D eigenvalue weighted by molar-refractivity contribution is 6.23. The maximum absolute atomic E-state index is 12.5. The van der Waals surface area contributed by atoms with Crippen LogP contribution in [0.5, 0.6) is 5.75 Å². The predicted molar refractivity (Wildman–Crippen MR) is 101 cm³/mol. The van der Waals surface area contributed by atoms with Crippen LogP contribution in [0.25, 0.3) is 0 Å². The van der Waals surface area contributed by atoms with Gasteiger partial charge in [0.15, 0.2) is 0 Å². The molecule has 0 saturated heterocycles. The standard InChI is InChI=1S/C19H15N3O8/c1-30-19(27)10-5-6-12(14(23)9-10)20-15(24)7-8-21-17(25)11-3-2-4-13(22(28)29)16(11)18(21)26/h2-6,9,23H,7-8H2,1H3,(H,20,24). The van der Waals surface area contributed by atoms with Crippen LogP contribution < -0.4 is 5.32 Å². The van der Waals surface area contributed by atoms with E-state index in [0.29, 0.717) is 0 Å². The van der Waals surface area contributed by atoms with E-state index in [4.69, 9.17) is 0 Å². The number of esters is 1. The minimum Gasteiger partial charge on any atom is -0.506 e. The Balaban J connectivity index is 1.68. The van der Waals surface area contributed by atoms with Crippen molar-refractivity contribution in [1.29, 1.82) is 0 Å². The number of amides is 3. The molecule has 154 valence electrons. The summed E-state index contributed by atoms with van der Waals surface area (Å²) in [5.74, 6) is -3.23. The molecule has 0 atom stereocenters. The zero-order valence-electron chi connectivity index (χ0n) is 15.6. The number of carbonyl (C=O) groups is 4. The second-order valence-electron chi connectivity index (χ2n) is 6.24. The number of nitrogens with one attached hydrogen (secondary N) is 1. The summed E-state index contributed by atoms with van der Waals surface area (Å²) in [6.45, 7) is -0.309. The van der Waals surface area contributed by atoms with Gasteiger partial charge in [0.2, 0.25) is 5.91 Å². The fraction of sp³-hybridized carbons (Fsp3) is 0.158. The number of methoxy groups -OCH3 is 1. The lowest BCUT2D eigenvalue weighted by atomic mass is 10.1. The summed E-state index contributed by atoms with van der Waals surface area (Å²) in [6.07, 6.45) is -0.308. The van der Waals surface area contributed by atoms with Crippen molar-refractivity contribution < 1.29 is 33.9 Å². The van der Waals surface area contributed by atoms with Crippen LogP contribution in [0.2, 0.25) is 0 Å². The minimum absolute atomic E-state index is 0.0191. The Bertz CT molecular complexity index is 1100. The maximum atomic E-state index is 12.5. The van der Waals surface area contributed by atoms with E-state index in [2.05, 4.69) is 10.1 Å². The minimum atomic E-state index is -0.847. The summed E-state index contributed by atoms with van der Waals surface area (Å²) < 4.78 is 4.53. The SMILES string of the molecule is COC(=O)c1ccc(NC(=O)CCN2C(=O)c3cccc([N+](=O)[O-])c3C2=O)c(O)c1. The molecule has 30 heavy (non-hydrogen) atoms. The average Bonchev–Trinajstić information content (AvgIpc) is 2.97. The summed E-state index contributed by atoms with van der Waals surface area (Å²) in [4.78, 5) is 59.6. The van der Waals surface area contributed by atoms with Gasteiger partial charge in [-0.25, -0.2) is 4.79 Å². The molecule has 11 nitrogen and oxygen atoms in total. The van der Waals surface area contributed by atoms with Gasteiger partial charge in [-0.05, 0) is 24.3 Å². The third-order valence-electron chi connectivity index (χ3n) is 4.43. The second kappa shape index (κ2) is 7.99. The Kier molecular flexibility index (Phi) is 5.45. The van der Waals surface area contributed by atoms with Crippen molar-refractivity contribution >= 4 is 35.1 Å². The van der Waals surface area contributed by atoms with Crippen LogP contribution in [0, 0.1) is 10.1 Å². The summed E-state index contributed by atoms with van der Waals surface area (Å²) in [6, 6.07) is 7.49. The van der Waals surface area contributed by atoms with E-state index >= 15 is 0 Å². The van der Waals surface area contributed by atoms with Crippen LogP contribution in [0.1, 0.15) is 37.5 Å². The number of nitro benzene ring substituents is 1. The summed E-state index contributed by atoms with van der Waals surface area (Å²) in [5.41, 5.74) is -0.769. The summed E-state index contributed by atoms with van der Waals surface area (Å²) in [7, 11) is 1.18. The van der Waals surface area contributed by atoms with E-state index in [0.717, 1.165) is 17.0 Å². The monoisotopic (exact) mass is 413 g/mol. The molecule has 2 aromatic rings. The van der Waals surface area contributed by atoms with Crippen LogP contribution in [0.15, 0.2) is 36.4 Å². The van der Waals surface area contributed by atoms with E-state index in [1.54, 1.807) is 0 Å². The van der Waals surface area contributed by atoms with E-state index in [1.165, 1.54) is 31.4 Å². The van der Waals surface area contributed by atoms with Gasteiger partial charge in [-0.2, -0.15) is 0 Å². The van der Waals surface area contributed by atoms with Crippen LogP contribution in [0.3, 0.4) is 0 Å². The molecule has 0 fully saturated rings. The van der Waals surface area contributed by atoms with Crippen LogP contribution in [-0.2, 0) is 9.53 Å². The topological polar surface area (TPSA) is 156 Å². The fourth-order valence-electron chi connectivity index (χ4n) is 2.98. The van der Waals surface area contributed by atoms with E-state index in [9.17, 15) is 34.4 Å². The molecule has 11 heteroatoms. The lowest BCUT2D eigenvalue weighted by molar-refractivity contribution is -0.385. The molecule has 1 aliphatic rings. The van der Waals surface area contributed by atoms with Gasteiger partial charge in [-0.15, -0.1) is 0 Å². The number of fused-ring (bicyclic) bond motifs is 1. The van der Waals surface area contributed by atoms with Gasteiger partial charge in [-0.1, -0.05) is 6.07 Å². The highest BCUT2D eigenvalue weighted by atomic mass is 16.6. The number of rotatable bonds is 6. The third-order valence-corrected chi connectivity index (χ3v) is 4.43. The van der Waals surface area contributed by atoms with Gasteiger partial charge in [0, 0.05) is 19.0 Å². The normalized spacial score (nSPS) is 12.5. The van der Waals surface area contributed by atoms with Crippen molar-refractivity contribution in [2.24, 2.45) is 0 Å². The predicted octanol–water partition coefficient (Wildman–Crippen LogP) is 1.71. The van der Waals surface area contributed by atoms with Crippen molar-refractivity contribution in [1.82, 2.24) is 4.90 Å². The smallest absolute Gasteiger partial charge is 0.337 e. The third kappa shape index (κ3) is 3.68. The number of carbonyl (C=O) groups excluding carboxylic acids is 4. The fourth-order valence-corrected chi connectivity index (χ4v) is 2.98. The van der Waals surface area contributed by atoms with Crippen molar-refractivity contribution in [3.63, 3.8) is 0 Å².